The molecule has 3 aliphatic heterocycles. The molecule has 4 aliphatic rings. The van der Waals surface area contributed by atoms with Crippen molar-refractivity contribution >= 4 is 18.2 Å². The standard InChI is InChI=1S/C31H42N6O7/c1-29(2,3)43-27(39)34-15-21(16-34)35(28(40)44-30(4,5)6)18-24-32-33-25(42-24)22-14-31(12-13-31)23-17-36(22)26(38)37(23)41-19-20-10-8-7-9-11-20/h7-11,21-23H,12-19H2,1-6H3/t22-,23+/m0/s1. The fraction of sp³-hybridized carbons (Fsp3) is 0.645. The van der Waals surface area contributed by atoms with Crippen molar-refractivity contribution in [3.8, 4) is 0 Å². The van der Waals surface area contributed by atoms with Gasteiger partial charge in [-0.05, 0) is 71.8 Å². The maximum Gasteiger partial charge on any atom is 0.411 e. The number of urea groups is 1. The summed E-state index contributed by atoms with van der Waals surface area (Å²) in [6.45, 7) is 12.3. The van der Waals surface area contributed by atoms with Crippen LogP contribution < -0.4 is 0 Å². The number of amides is 4. The van der Waals surface area contributed by atoms with Crippen molar-refractivity contribution in [2.24, 2.45) is 5.41 Å². The summed E-state index contributed by atoms with van der Waals surface area (Å²) in [5, 5.41) is 10.2. The number of hydroxylamine groups is 2. The smallest absolute Gasteiger partial charge is 0.411 e. The zero-order valence-corrected chi connectivity index (χ0v) is 26.3. The molecule has 4 heterocycles. The number of hydrogen-bond acceptors (Lipinski definition) is 9. The largest absolute Gasteiger partial charge is 0.444 e. The molecule has 0 unspecified atom stereocenters. The van der Waals surface area contributed by atoms with E-state index >= 15 is 0 Å². The molecule has 13 nitrogen and oxygen atoms in total. The topological polar surface area (TPSA) is 131 Å². The van der Waals surface area contributed by atoms with E-state index in [2.05, 4.69) is 10.2 Å². The van der Waals surface area contributed by atoms with Crippen molar-refractivity contribution in [2.45, 2.75) is 103 Å². The van der Waals surface area contributed by atoms with Crippen LogP contribution in [0.2, 0.25) is 0 Å². The minimum absolute atomic E-state index is 0.00941. The average Bonchev–Trinajstić information content (AvgIpc) is 3.39. The van der Waals surface area contributed by atoms with E-state index in [-0.39, 0.29) is 42.0 Å². The van der Waals surface area contributed by atoms with Crippen LogP contribution in [0.5, 0.6) is 0 Å². The molecule has 1 aliphatic carbocycles. The molecule has 0 N–H and O–H groups in total. The zero-order valence-electron chi connectivity index (χ0n) is 26.3. The van der Waals surface area contributed by atoms with E-state index < -0.39 is 23.4 Å². The third-order valence-electron chi connectivity index (χ3n) is 8.53. The molecule has 1 aromatic carbocycles. The van der Waals surface area contributed by atoms with Crippen molar-refractivity contribution in [1.82, 2.24) is 30.0 Å². The number of nitrogens with zero attached hydrogens (tertiary/aromatic N) is 6. The van der Waals surface area contributed by atoms with Crippen LogP contribution in [0.4, 0.5) is 14.4 Å². The minimum Gasteiger partial charge on any atom is -0.444 e. The Morgan fingerprint density at radius 1 is 1.00 bits per heavy atom. The lowest BCUT2D eigenvalue weighted by molar-refractivity contribution is -0.153. The maximum atomic E-state index is 13.5. The van der Waals surface area contributed by atoms with Gasteiger partial charge in [0.15, 0.2) is 0 Å². The lowest BCUT2D eigenvalue weighted by Crippen LogP contribution is -2.63. The van der Waals surface area contributed by atoms with Crippen LogP contribution in [0.15, 0.2) is 34.7 Å². The molecular weight excluding hydrogens is 568 g/mol. The Labute approximate surface area is 257 Å². The normalized spacial score (nSPS) is 22.7. The second-order valence-corrected chi connectivity index (χ2v) is 14.3. The summed E-state index contributed by atoms with van der Waals surface area (Å²) in [5.41, 5.74) is -0.383. The van der Waals surface area contributed by atoms with E-state index in [1.807, 2.05) is 51.1 Å². The van der Waals surface area contributed by atoms with E-state index in [0.29, 0.717) is 38.6 Å². The van der Waals surface area contributed by atoms with Gasteiger partial charge in [-0.25, -0.2) is 14.4 Å². The molecular formula is C31H42N6O7. The number of hydrogen-bond donors (Lipinski definition) is 0. The number of likely N-dealkylation sites (tertiary alicyclic amines) is 1. The van der Waals surface area contributed by atoms with E-state index in [1.54, 1.807) is 35.6 Å². The number of carbonyl (C=O) groups is 3. The van der Waals surface area contributed by atoms with Crippen LogP contribution in [0.1, 0.15) is 84.2 Å². The van der Waals surface area contributed by atoms with E-state index in [4.69, 9.17) is 18.7 Å². The molecule has 13 heteroatoms. The maximum absolute atomic E-state index is 13.5. The Morgan fingerprint density at radius 2 is 1.68 bits per heavy atom. The molecule has 238 valence electrons. The molecule has 1 aromatic heterocycles. The Bertz CT molecular complexity index is 1390. The molecule has 6 rings (SSSR count). The Hall–Kier alpha value is -3.87. The lowest BCUT2D eigenvalue weighted by Gasteiger charge is -2.44. The van der Waals surface area contributed by atoms with E-state index in [1.165, 1.54) is 4.90 Å². The van der Waals surface area contributed by atoms with Crippen LogP contribution in [0.25, 0.3) is 0 Å². The summed E-state index contributed by atoms with van der Waals surface area (Å²) in [6, 6.07) is 8.88. The average molecular weight is 611 g/mol. The fourth-order valence-electron chi connectivity index (χ4n) is 6.12. The Morgan fingerprint density at radius 3 is 2.32 bits per heavy atom. The van der Waals surface area contributed by atoms with Gasteiger partial charge in [0, 0.05) is 19.6 Å². The van der Waals surface area contributed by atoms with Crippen molar-refractivity contribution in [2.75, 3.05) is 19.6 Å². The lowest BCUT2D eigenvalue weighted by atomic mass is 9.85. The second kappa shape index (κ2) is 10.9. The molecule has 4 amide bonds. The molecule has 4 fully saturated rings. The second-order valence-electron chi connectivity index (χ2n) is 14.3. The first-order valence-electron chi connectivity index (χ1n) is 15.3. The summed E-state index contributed by atoms with van der Waals surface area (Å²) in [7, 11) is 0. The Balaban J connectivity index is 1.15. The fourth-order valence-corrected chi connectivity index (χ4v) is 6.12. The quantitative estimate of drug-likeness (QED) is 0.430. The predicted octanol–water partition coefficient (Wildman–Crippen LogP) is 4.89. The number of rotatable bonds is 7. The number of carbonyl (C=O) groups excluding carboxylic acids is 3. The van der Waals surface area contributed by atoms with Gasteiger partial charge in [0.05, 0.1) is 12.1 Å². The van der Waals surface area contributed by atoms with Crippen molar-refractivity contribution in [1.29, 1.82) is 0 Å². The van der Waals surface area contributed by atoms with Gasteiger partial charge < -0.3 is 23.7 Å². The summed E-state index contributed by atoms with van der Waals surface area (Å²) in [6.07, 6.45) is 1.75. The van der Waals surface area contributed by atoms with E-state index in [9.17, 15) is 14.4 Å². The highest BCUT2D eigenvalue weighted by atomic mass is 16.7. The summed E-state index contributed by atoms with van der Waals surface area (Å²) in [5.74, 6) is 0.577. The van der Waals surface area contributed by atoms with Crippen molar-refractivity contribution in [3.63, 3.8) is 0 Å². The number of aromatic nitrogens is 2. The van der Waals surface area contributed by atoms with Gasteiger partial charge >= 0.3 is 18.2 Å². The molecule has 1 saturated carbocycles. The highest BCUT2D eigenvalue weighted by Crippen LogP contribution is 2.61. The van der Waals surface area contributed by atoms with Crippen LogP contribution >= 0.6 is 0 Å². The van der Waals surface area contributed by atoms with Crippen molar-refractivity contribution in [3.05, 3.63) is 47.7 Å². The molecule has 44 heavy (non-hydrogen) atoms. The monoisotopic (exact) mass is 610 g/mol. The van der Waals surface area contributed by atoms with Gasteiger partial charge in [-0.15, -0.1) is 10.2 Å². The molecule has 2 atom stereocenters. The first-order chi connectivity index (χ1) is 20.7. The third kappa shape index (κ3) is 6.19. The highest BCUT2D eigenvalue weighted by molar-refractivity contribution is 5.77. The Kier molecular flexibility index (Phi) is 7.50. The summed E-state index contributed by atoms with van der Waals surface area (Å²) in [4.78, 5) is 50.2. The van der Waals surface area contributed by atoms with Crippen molar-refractivity contribution < 1.29 is 33.1 Å². The number of piperidine rings is 1. The number of fused-ring (bicyclic) bond motifs is 3. The first kappa shape index (κ1) is 30.2. The SMILES string of the molecule is CC(C)(C)OC(=O)N1CC(N(Cc2nnc([C@@H]3CC4(CC4)[C@H]4CN3C(=O)N4OCc3ccccc3)o2)C(=O)OC(C)(C)C)C1. The van der Waals surface area contributed by atoms with Gasteiger partial charge in [0.25, 0.3) is 0 Å². The summed E-state index contributed by atoms with van der Waals surface area (Å²) < 4.78 is 17.3. The van der Waals surface area contributed by atoms with Crippen LogP contribution in [0, 0.1) is 5.41 Å². The zero-order chi connectivity index (χ0) is 31.4. The van der Waals surface area contributed by atoms with E-state index in [0.717, 1.165) is 18.4 Å². The molecule has 2 bridgehead atoms. The number of benzene rings is 1. The van der Waals surface area contributed by atoms with Gasteiger partial charge in [-0.1, -0.05) is 30.3 Å². The van der Waals surface area contributed by atoms with Gasteiger partial charge in [-0.2, -0.15) is 5.06 Å². The van der Waals surface area contributed by atoms with Crippen LogP contribution in [-0.2, 0) is 27.5 Å². The van der Waals surface area contributed by atoms with Crippen LogP contribution in [-0.4, -0.2) is 91.1 Å². The predicted molar refractivity (Wildman–Crippen MR) is 156 cm³/mol. The van der Waals surface area contributed by atoms with Gasteiger partial charge in [0.1, 0.15) is 30.4 Å². The first-order valence-corrected chi connectivity index (χ1v) is 15.3. The summed E-state index contributed by atoms with van der Waals surface area (Å²) >= 11 is 0. The van der Waals surface area contributed by atoms with Crippen LogP contribution in [0.3, 0.4) is 0 Å². The van der Waals surface area contributed by atoms with Gasteiger partial charge in [-0.3, -0.25) is 9.74 Å². The molecule has 0 radical (unpaired) electrons. The molecule has 1 spiro atoms. The number of ether oxygens (including phenoxy) is 2. The van der Waals surface area contributed by atoms with Gasteiger partial charge in [0.2, 0.25) is 11.8 Å². The highest BCUT2D eigenvalue weighted by Gasteiger charge is 2.64. The molecule has 2 aromatic rings. The minimum atomic E-state index is -0.717. The molecule has 3 saturated heterocycles. The third-order valence-corrected chi connectivity index (χ3v) is 8.53.